The van der Waals surface area contributed by atoms with Crippen molar-refractivity contribution < 1.29 is 13.2 Å². The van der Waals surface area contributed by atoms with Gasteiger partial charge in [-0.15, -0.1) is 0 Å². The molecule has 0 aromatic heterocycles. The molecule has 1 rings (SSSR count). The molecule has 0 aliphatic heterocycles. The number of halogens is 5. The Morgan fingerprint density at radius 2 is 1.56 bits per heavy atom. The zero-order valence-electron chi connectivity index (χ0n) is 9.51. The maximum atomic E-state index is 12.2. The zero-order chi connectivity index (χ0) is 13.6. The summed E-state index contributed by atoms with van der Waals surface area (Å²) in [5.74, 6) is 0.0651. The molecule has 0 heterocycles. The predicted molar refractivity (Wildman–Crippen MR) is 78.8 cm³/mol. The third kappa shape index (κ3) is 4.78. The molecule has 0 radical (unpaired) electrons. The van der Waals surface area contributed by atoms with Gasteiger partial charge < -0.3 is 0 Å². The topological polar surface area (TPSA) is 0 Å². The zero-order valence-corrected chi connectivity index (χ0v) is 13.5. The van der Waals surface area contributed by atoms with Gasteiger partial charge in [0.15, 0.2) is 0 Å². The normalized spacial score (nSPS) is 12.7. The molecule has 0 fully saturated rings. The standard InChI is InChI=1S/C12H13Br2F3S/c13-8-11(9-14,6-7-18-12(15,16)17)10-4-2-1-3-5-10/h1-5H,6-9H2. The lowest BCUT2D eigenvalue weighted by Gasteiger charge is -2.30. The molecule has 6 heteroatoms. The molecular weight excluding hydrogens is 393 g/mol. The van der Waals surface area contributed by atoms with Gasteiger partial charge in [-0.2, -0.15) is 13.2 Å². The van der Waals surface area contributed by atoms with E-state index in [1.54, 1.807) is 0 Å². The number of alkyl halides is 5. The van der Waals surface area contributed by atoms with E-state index in [0.717, 1.165) is 5.56 Å². The maximum absolute atomic E-state index is 12.2. The lowest BCUT2D eigenvalue weighted by atomic mass is 9.82. The van der Waals surface area contributed by atoms with Gasteiger partial charge in [0.1, 0.15) is 0 Å². The van der Waals surface area contributed by atoms with Gasteiger partial charge in [-0.25, -0.2) is 0 Å². The van der Waals surface area contributed by atoms with Gasteiger partial charge in [-0.3, -0.25) is 0 Å². The Morgan fingerprint density at radius 3 is 2.00 bits per heavy atom. The molecule has 18 heavy (non-hydrogen) atoms. The van der Waals surface area contributed by atoms with Crippen molar-refractivity contribution in [3.8, 4) is 0 Å². The molecule has 0 saturated carbocycles. The van der Waals surface area contributed by atoms with Crippen LogP contribution in [0.4, 0.5) is 13.2 Å². The molecular formula is C12H13Br2F3S. The summed E-state index contributed by atoms with van der Waals surface area (Å²) < 4.78 is 36.5. The summed E-state index contributed by atoms with van der Waals surface area (Å²) in [6.07, 6.45) is 0.470. The van der Waals surface area contributed by atoms with Crippen LogP contribution in [0.2, 0.25) is 0 Å². The fraction of sp³-hybridized carbons (Fsp3) is 0.500. The number of rotatable bonds is 6. The Morgan fingerprint density at radius 1 is 1.00 bits per heavy atom. The van der Waals surface area contributed by atoms with Crippen LogP contribution in [0.1, 0.15) is 12.0 Å². The minimum absolute atomic E-state index is 0.0442. The highest BCUT2D eigenvalue weighted by atomic mass is 79.9. The van der Waals surface area contributed by atoms with E-state index in [-0.39, 0.29) is 22.9 Å². The van der Waals surface area contributed by atoms with Gasteiger partial charge in [0.2, 0.25) is 0 Å². The summed E-state index contributed by atoms with van der Waals surface area (Å²) >= 11 is 6.90. The summed E-state index contributed by atoms with van der Waals surface area (Å²) in [4.78, 5) is 0. The lowest BCUT2D eigenvalue weighted by Crippen LogP contribution is -2.31. The average molecular weight is 406 g/mol. The third-order valence-corrected chi connectivity index (χ3v) is 5.63. The quantitative estimate of drug-likeness (QED) is 0.574. The summed E-state index contributed by atoms with van der Waals surface area (Å²) in [5.41, 5.74) is -3.39. The van der Waals surface area contributed by atoms with Gasteiger partial charge in [-0.05, 0) is 12.0 Å². The molecule has 102 valence electrons. The highest BCUT2D eigenvalue weighted by Crippen LogP contribution is 2.37. The second kappa shape index (κ2) is 7.20. The van der Waals surface area contributed by atoms with Gasteiger partial charge >= 0.3 is 5.51 Å². The molecule has 1 aromatic rings. The van der Waals surface area contributed by atoms with Crippen molar-refractivity contribution in [1.82, 2.24) is 0 Å². The minimum atomic E-state index is -4.15. The van der Waals surface area contributed by atoms with Gasteiger partial charge in [0.05, 0.1) is 0 Å². The Balaban J connectivity index is 2.76. The Hall–Kier alpha value is 0.320. The van der Waals surface area contributed by atoms with Gasteiger partial charge in [0.25, 0.3) is 0 Å². The van der Waals surface area contributed by atoms with Crippen LogP contribution in [0.5, 0.6) is 0 Å². The molecule has 1 aromatic carbocycles. The average Bonchev–Trinajstić information content (AvgIpc) is 2.35. The molecule has 0 bridgehead atoms. The maximum Gasteiger partial charge on any atom is 0.441 e. The molecule has 0 aliphatic rings. The Labute approximate surface area is 126 Å². The fourth-order valence-electron chi connectivity index (χ4n) is 1.62. The van der Waals surface area contributed by atoms with Crippen LogP contribution in [-0.2, 0) is 5.41 Å². The second-order valence-electron chi connectivity index (χ2n) is 3.96. The lowest BCUT2D eigenvalue weighted by molar-refractivity contribution is -0.0328. The summed E-state index contributed by atoms with van der Waals surface area (Å²) in [6, 6.07) is 9.64. The fourth-order valence-corrected chi connectivity index (χ4v) is 4.48. The molecule has 0 atom stereocenters. The van der Waals surface area contributed by atoms with Crippen LogP contribution >= 0.6 is 43.6 Å². The summed E-state index contributed by atoms with van der Waals surface area (Å²) in [6.45, 7) is 0. The van der Waals surface area contributed by atoms with Crippen molar-refractivity contribution in [3.05, 3.63) is 35.9 Å². The largest absolute Gasteiger partial charge is 0.441 e. The third-order valence-electron chi connectivity index (χ3n) is 2.74. The number of benzene rings is 1. The molecule has 0 unspecified atom stereocenters. The first-order chi connectivity index (χ1) is 8.43. The first kappa shape index (κ1) is 16.4. The van der Waals surface area contributed by atoms with Crippen molar-refractivity contribution in [2.45, 2.75) is 17.3 Å². The highest BCUT2D eigenvalue weighted by molar-refractivity contribution is 9.09. The van der Waals surface area contributed by atoms with Gasteiger partial charge in [0, 0.05) is 21.8 Å². The smallest absolute Gasteiger partial charge is 0.160 e. The van der Waals surface area contributed by atoms with E-state index < -0.39 is 5.51 Å². The molecule has 0 aliphatic carbocycles. The van der Waals surface area contributed by atoms with Gasteiger partial charge in [-0.1, -0.05) is 74.0 Å². The Kier molecular flexibility index (Phi) is 6.55. The van der Waals surface area contributed by atoms with Crippen molar-refractivity contribution in [1.29, 1.82) is 0 Å². The van der Waals surface area contributed by atoms with Crippen molar-refractivity contribution >= 4 is 43.6 Å². The monoisotopic (exact) mass is 404 g/mol. The van der Waals surface area contributed by atoms with Crippen LogP contribution < -0.4 is 0 Å². The molecule has 0 nitrogen and oxygen atoms in total. The van der Waals surface area contributed by atoms with E-state index in [4.69, 9.17) is 0 Å². The van der Waals surface area contributed by atoms with E-state index in [0.29, 0.717) is 17.1 Å². The summed E-state index contributed by atoms with van der Waals surface area (Å²) in [5, 5.41) is 1.27. The van der Waals surface area contributed by atoms with E-state index >= 15 is 0 Å². The first-order valence-electron chi connectivity index (χ1n) is 5.32. The van der Waals surface area contributed by atoms with Crippen LogP contribution in [0.15, 0.2) is 30.3 Å². The first-order valence-corrected chi connectivity index (χ1v) is 8.54. The molecule has 0 N–H and O–H groups in total. The van der Waals surface area contributed by atoms with Crippen LogP contribution in [0.3, 0.4) is 0 Å². The SMILES string of the molecule is FC(F)(F)SCCC(CBr)(CBr)c1ccccc1. The van der Waals surface area contributed by atoms with Crippen molar-refractivity contribution in [2.75, 3.05) is 16.4 Å². The number of thioether (sulfide) groups is 1. The van der Waals surface area contributed by atoms with Crippen molar-refractivity contribution in [2.24, 2.45) is 0 Å². The van der Waals surface area contributed by atoms with E-state index in [2.05, 4.69) is 31.9 Å². The number of hydrogen-bond acceptors (Lipinski definition) is 1. The molecule has 0 spiro atoms. The van der Waals surface area contributed by atoms with Crippen LogP contribution in [0.25, 0.3) is 0 Å². The van der Waals surface area contributed by atoms with Crippen LogP contribution in [0, 0.1) is 0 Å². The Bertz CT molecular complexity index is 350. The van der Waals surface area contributed by atoms with E-state index in [9.17, 15) is 13.2 Å². The number of hydrogen-bond donors (Lipinski definition) is 0. The van der Waals surface area contributed by atoms with Crippen molar-refractivity contribution in [3.63, 3.8) is 0 Å². The molecule has 0 amide bonds. The minimum Gasteiger partial charge on any atom is -0.160 e. The van der Waals surface area contributed by atoms with E-state index in [1.807, 2.05) is 30.3 Å². The predicted octanol–water partition coefficient (Wildman–Crippen LogP) is 5.36. The van der Waals surface area contributed by atoms with Crippen LogP contribution in [-0.4, -0.2) is 21.9 Å². The molecule has 0 saturated heterocycles. The second-order valence-corrected chi connectivity index (χ2v) is 6.24. The highest BCUT2D eigenvalue weighted by Gasteiger charge is 2.33. The summed E-state index contributed by atoms with van der Waals surface area (Å²) in [7, 11) is 0. The van der Waals surface area contributed by atoms with E-state index in [1.165, 1.54) is 0 Å².